The summed E-state index contributed by atoms with van der Waals surface area (Å²) in [4.78, 5) is 0. The normalized spacial score (nSPS) is 14.4. The first kappa shape index (κ1) is 16.1. The lowest BCUT2D eigenvalue weighted by molar-refractivity contribution is 0.631. The Labute approximate surface area is 124 Å². The molecule has 2 N–H and O–H groups in total. The maximum Gasteiger partial charge on any atom is 0.0459 e. The number of unbranched alkanes of at least 4 members (excludes halogenated alkanes) is 2. The van der Waals surface area contributed by atoms with E-state index in [0.717, 1.165) is 6.42 Å². The Hall–Kier alpha value is 0.01000. The Morgan fingerprint density at radius 3 is 2.56 bits per heavy atom. The molecule has 0 aliphatic rings. The quantitative estimate of drug-likeness (QED) is 0.667. The van der Waals surface area contributed by atoms with Gasteiger partial charge in [-0.05, 0) is 30.2 Å². The van der Waals surface area contributed by atoms with Gasteiger partial charge in [-0.25, -0.2) is 0 Å². The lowest BCUT2D eigenvalue weighted by Crippen LogP contribution is -2.26. The molecule has 0 aliphatic heterocycles. The molecule has 0 radical (unpaired) electrons. The van der Waals surface area contributed by atoms with Crippen molar-refractivity contribution >= 4 is 27.7 Å². The second-order valence-electron chi connectivity index (χ2n) is 4.59. The highest BCUT2D eigenvalue weighted by atomic mass is 79.9. The number of hydrogen-bond donors (Lipinski definition) is 1. The molecular weight excluding hydrogens is 306 g/mol. The van der Waals surface area contributed by atoms with Gasteiger partial charge in [0.1, 0.15) is 0 Å². The zero-order valence-corrected chi connectivity index (χ0v) is 13.8. The van der Waals surface area contributed by atoms with E-state index in [1.807, 2.05) is 11.8 Å². The third-order valence-corrected chi connectivity index (χ3v) is 5.33. The second-order valence-corrected chi connectivity index (χ2v) is 6.70. The summed E-state index contributed by atoms with van der Waals surface area (Å²) in [5.74, 6) is 1.20. The van der Waals surface area contributed by atoms with Crippen molar-refractivity contribution in [3.05, 3.63) is 34.3 Å². The van der Waals surface area contributed by atoms with Crippen molar-refractivity contribution in [2.75, 3.05) is 5.75 Å². The minimum Gasteiger partial charge on any atom is -0.326 e. The smallest absolute Gasteiger partial charge is 0.0459 e. The molecule has 0 saturated heterocycles. The summed E-state index contributed by atoms with van der Waals surface area (Å²) in [6.45, 7) is 4.41. The van der Waals surface area contributed by atoms with Crippen LogP contribution >= 0.6 is 27.7 Å². The van der Waals surface area contributed by atoms with Crippen LogP contribution in [0.15, 0.2) is 28.7 Å². The summed E-state index contributed by atoms with van der Waals surface area (Å²) in [5, 5.41) is 0.405. The first-order valence-corrected chi connectivity index (χ1v) is 8.66. The van der Waals surface area contributed by atoms with Crippen LogP contribution < -0.4 is 5.73 Å². The molecule has 18 heavy (non-hydrogen) atoms. The summed E-state index contributed by atoms with van der Waals surface area (Å²) < 4.78 is 1.18. The molecule has 3 heteroatoms. The zero-order valence-electron chi connectivity index (χ0n) is 11.4. The van der Waals surface area contributed by atoms with Crippen LogP contribution in [0.2, 0.25) is 0 Å². The van der Waals surface area contributed by atoms with Crippen LogP contribution in [-0.4, -0.2) is 11.8 Å². The first-order chi connectivity index (χ1) is 8.70. The lowest BCUT2D eigenvalue weighted by atomic mass is 10.0. The summed E-state index contributed by atoms with van der Waals surface area (Å²) in [7, 11) is 0. The molecule has 1 aromatic carbocycles. The molecule has 1 nitrogen and oxygen atoms in total. The highest BCUT2D eigenvalue weighted by molar-refractivity contribution is 9.10. The van der Waals surface area contributed by atoms with Crippen molar-refractivity contribution in [2.24, 2.45) is 5.73 Å². The van der Waals surface area contributed by atoms with Gasteiger partial charge < -0.3 is 5.73 Å². The molecule has 0 fully saturated rings. The number of hydrogen-bond acceptors (Lipinski definition) is 2. The van der Waals surface area contributed by atoms with Crippen LogP contribution in [0, 0.1) is 0 Å². The molecule has 0 saturated carbocycles. The van der Waals surface area contributed by atoms with Crippen LogP contribution in [0.25, 0.3) is 0 Å². The SMILES string of the molecule is CCCCCSC(c1ccccc1Br)C(N)CC. The molecular formula is C15H24BrNS. The summed E-state index contributed by atoms with van der Waals surface area (Å²) in [6.07, 6.45) is 4.91. The molecule has 102 valence electrons. The molecule has 0 aromatic heterocycles. The summed E-state index contributed by atoms with van der Waals surface area (Å²) in [5.41, 5.74) is 7.63. The average Bonchev–Trinajstić information content (AvgIpc) is 2.39. The minimum atomic E-state index is 0.232. The maximum atomic E-state index is 6.29. The van der Waals surface area contributed by atoms with E-state index in [4.69, 9.17) is 5.73 Å². The maximum absolute atomic E-state index is 6.29. The number of thioether (sulfide) groups is 1. The predicted molar refractivity (Wildman–Crippen MR) is 87.1 cm³/mol. The summed E-state index contributed by atoms with van der Waals surface area (Å²) in [6, 6.07) is 8.69. The van der Waals surface area contributed by atoms with Gasteiger partial charge in [0.25, 0.3) is 0 Å². The van der Waals surface area contributed by atoms with Gasteiger partial charge in [-0.2, -0.15) is 11.8 Å². The van der Waals surface area contributed by atoms with Crippen LogP contribution in [0.1, 0.15) is 50.3 Å². The van der Waals surface area contributed by atoms with E-state index >= 15 is 0 Å². The molecule has 1 aromatic rings. The van der Waals surface area contributed by atoms with E-state index < -0.39 is 0 Å². The van der Waals surface area contributed by atoms with E-state index in [0.29, 0.717) is 5.25 Å². The van der Waals surface area contributed by atoms with Gasteiger partial charge >= 0.3 is 0 Å². The Kier molecular flexibility index (Phi) is 8.03. The van der Waals surface area contributed by atoms with Crippen molar-refractivity contribution in [2.45, 2.75) is 50.8 Å². The van der Waals surface area contributed by atoms with E-state index in [1.165, 1.54) is 35.1 Å². The van der Waals surface area contributed by atoms with Gasteiger partial charge in [0.2, 0.25) is 0 Å². The third-order valence-electron chi connectivity index (χ3n) is 3.12. The van der Waals surface area contributed by atoms with E-state index in [9.17, 15) is 0 Å². The Bertz CT molecular complexity index is 343. The van der Waals surface area contributed by atoms with E-state index in [1.54, 1.807) is 0 Å². The number of benzene rings is 1. The van der Waals surface area contributed by atoms with Gasteiger partial charge in [-0.1, -0.05) is 60.8 Å². The molecule has 0 bridgehead atoms. The van der Waals surface area contributed by atoms with Gasteiger partial charge in [0.05, 0.1) is 0 Å². The van der Waals surface area contributed by atoms with Crippen molar-refractivity contribution in [3.8, 4) is 0 Å². The van der Waals surface area contributed by atoms with Crippen LogP contribution in [0.3, 0.4) is 0 Å². The number of rotatable bonds is 8. The van der Waals surface area contributed by atoms with Gasteiger partial charge in [0.15, 0.2) is 0 Å². The van der Waals surface area contributed by atoms with E-state index in [-0.39, 0.29) is 6.04 Å². The fourth-order valence-corrected chi connectivity index (χ4v) is 4.06. The Balaban J connectivity index is 2.69. The minimum absolute atomic E-state index is 0.232. The van der Waals surface area contributed by atoms with Gasteiger partial charge in [-0.15, -0.1) is 0 Å². The van der Waals surface area contributed by atoms with Gasteiger partial charge in [-0.3, -0.25) is 0 Å². The fourth-order valence-electron chi connectivity index (χ4n) is 1.93. The molecule has 0 heterocycles. The van der Waals surface area contributed by atoms with Crippen LogP contribution in [0.5, 0.6) is 0 Å². The molecule has 2 unspecified atom stereocenters. The molecule has 0 spiro atoms. The van der Waals surface area contributed by atoms with Gasteiger partial charge in [0, 0.05) is 15.8 Å². The lowest BCUT2D eigenvalue weighted by Gasteiger charge is -2.24. The molecule has 1 rings (SSSR count). The van der Waals surface area contributed by atoms with Crippen molar-refractivity contribution in [3.63, 3.8) is 0 Å². The van der Waals surface area contributed by atoms with E-state index in [2.05, 4.69) is 54.0 Å². The second kappa shape index (κ2) is 9.00. The van der Waals surface area contributed by atoms with Crippen LogP contribution in [0.4, 0.5) is 0 Å². The standard InChI is InChI=1S/C15H24BrNS/c1-3-5-8-11-18-15(14(17)4-2)12-9-6-7-10-13(12)16/h6-7,9-10,14-15H,3-5,8,11,17H2,1-2H3. The van der Waals surface area contributed by atoms with Crippen molar-refractivity contribution in [1.82, 2.24) is 0 Å². The van der Waals surface area contributed by atoms with Crippen LogP contribution in [-0.2, 0) is 0 Å². The fraction of sp³-hybridized carbons (Fsp3) is 0.600. The summed E-state index contributed by atoms with van der Waals surface area (Å²) >= 11 is 5.65. The molecule has 0 aliphatic carbocycles. The number of halogens is 1. The monoisotopic (exact) mass is 329 g/mol. The largest absolute Gasteiger partial charge is 0.326 e. The first-order valence-electron chi connectivity index (χ1n) is 6.82. The Morgan fingerprint density at radius 1 is 1.22 bits per heavy atom. The Morgan fingerprint density at radius 2 is 1.94 bits per heavy atom. The molecule has 0 amide bonds. The number of nitrogens with two attached hydrogens (primary N) is 1. The zero-order chi connectivity index (χ0) is 13.4. The van der Waals surface area contributed by atoms with Crippen molar-refractivity contribution < 1.29 is 0 Å². The third kappa shape index (κ3) is 4.94. The predicted octanol–water partition coefficient (Wildman–Crippen LogP) is 5.15. The molecule has 2 atom stereocenters. The highest BCUT2D eigenvalue weighted by Crippen LogP contribution is 2.37. The van der Waals surface area contributed by atoms with Crippen molar-refractivity contribution in [1.29, 1.82) is 0 Å². The topological polar surface area (TPSA) is 26.0 Å². The highest BCUT2D eigenvalue weighted by Gasteiger charge is 2.20. The average molecular weight is 330 g/mol.